The van der Waals surface area contributed by atoms with Crippen molar-refractivity contribution in [2.45, 2.75) is 38.1 Å². The Balaban J connectivity index is 2.02. The van der Waals surface area contributed by atoms with Crippen molar-refractivity contribution in [1.82, 2.24) is 4.90 Å². The molecule has 0 aromatic heterocycles. The summed E-state index contributed by atoms with van der Waals surface area (Å²) in [5, 5.41) is 9.26. The summed E-state index contributed by atoms with van der Waals surface area (Å²) in [6.07, 6.45) is 3.55. The van der Waals surface area contributed by atoms with Gasteiger partial charge in [-0.2, -0.15) is 0 Å². The number of nitrogens with zero attached hydrogens (tertiary/aromatic N) is 1. The number of anilines is 1. The molecule has 0 radical (unpaired) electrons. The molecule has 104 valence electrons. The van der Waals surface area contributed by atoms with E-state index in [0.717, 1.165) is 25.7 Å². The number of carbonyl (C=O) groups is 1. The van der Waals surface area contributed by atoms with Gasteiger partial charge in [-0.05, 0) is 30.9 Å². The quantitative estimate of drug-likeness (QED) is 0.823. The van der Waals surface area contributed by atoms with E-state index in [1.165, 1.54) is 11.0 Å². The second kappa shape index (κ2) is 5.91. The SMILES string of the molecule is Nc1c(F)cccc1CCN(C(=O)O)C1CCCC1. The number of rotatable bonds is 4. The Kier molecular flexibility index (Phi) is 4.24. The molecule has 1 amide bonds. The summed E-state index contributed by atoms with van der Waals surface area (Å²) in [6.45, 7) is 0.369. The van der Waals surface area contributed by atoms with Crippen LogP contribution in [-0.2, 0) is 6.42 Å². The summed E-state index contributed by atoms with van der Waals surface area (Å²) in [6, 6.07) is 4.76. The van der Waals surface area contributed by atoms with Crippen molar-refractivity contribution >= 4 is 11.8 Å². The first kappa shape index (κ1) is 13.6. The number of benzene rings is 1. The van der Waals surface area contributed by atoms with Crippen LogP contribution < -0.4 is 5.73 Å². The van der Waals surface area contributed by atoms with E-state index in [9.17, 15) is 14.3 Å². The van der Waals surface area contributed by atoms with E-state index in [4.69, 9.17) is 5.73 Å². The Morgan fingerprint density at radius 2 is 2.11 bits per heavy atom. The summed E-state index contributed by atoms with van der Waals surface area (Å²) in [5.41, 5.74) is 6.45. The average molecular weight is 266 g/mol. The fourth-order valence-corrected chi connectivity index (χ4v) is 2.69. The van der Waals surface area contributed by atoms with Crippen molar-refractivity contribution < 1.29 is 14.3 Å². The predicted molar refractivity (Wildman–Crippen MR) is 71.5 cm³/mol. The van der Waals surface area contributed by atoms with Gasteiger partial charge >= 0.3 is 6.09 Å². The number of amides is 1. The molecule has 0 spiro atoms. The lowest BCUT2D eigenvalue weighted by atomic mass is 10.1. The summed E-state index contributed by atoms with van der Waals surface area (Å²) >= 11 is 0. The Labute approximate surface area is 112 Å². The molecule has 0 aliphatic heterocycles. The highest BCUT2D eigenvalue weighted by molar-refractivity contribution is 5.65. The van der Waals surface area contributed by atoms with E-state index in [1.807, 2.05) is 0 Å². The number of nitrogen functional groups attached to an aromatic ring is 1. The third-order valence-corrected chi connectivity index (χ3v) is 3.78. The van der Waals surface area contributed by atoms with Crippen LogP contribution in [0.4, 0.5) is 14.9 Å². The summed E-state index contributed by atoms with van der Waals surface area (Å²) in [7, 11) is 0. The number of hydrogen-bond donors (Lipinski definition) is 2. The monoisotopic (exact) mass is 266 g/mol. The molecule has 3 N–H and O–H groups in total. The van der Waals surface area contributed by atoms with Crippen molar-refractivity contribution in [2.24, 2.45) is 0 Å². The van der Waals surface area contributed by atoms with Crippen molar-refractivity contribution in [3.05, 3.63) is 29.6 Å². The van der Waals surface area contributed by atoms with Crippen LogP contribution >= 0.6 is 0 Å². The minimum Gasteiger partial charge on any atom is -0.465 e. The van der Waals surface area contributed by atoms with Crippen molar-refractivity contribution in [2.75, 3.05) is 12.3 Å². The maximum absolute atomic E-state index is 13.3. The molecule has 19 heavy (non-hydrogen) atoms. The molecule has 0 unspecified atom stereocenters. The zero-order valence-electron chi connectivity index (χ0n) is 10.8. The second-order valence-electron chi connectivity index (χ2n) is 4.98. The van der Waals surface area contributed by atoms with Gasteiger partial charge in [-0.1, -0.05) is 25.0 Å². The number of nitrogens with two attached hydrogens (primary N) is 1. The Bertz CT molecular complexity index is 459. The van der Waals surface area contributed by atoms with E-state index in [2.05, 4.69) is 0 Å². The molecule has 4 nitrogen and oxygen atoms in total. The van der Waals surface area contributed by atoms with Crippen LogP contribution in [0, 0.1) is 5.82 Å². The zero-order valence-corrected chi connectivity index (χ0v) is 10.8. The lowest BCUT2D eigenvalue weighted by molar-refractivity contribution is 0.126. The summed E-state index contributed by atoms with van der Waals surface area (Å²) in [5.74, 6) is -0.444. The topological polar surface area (TPSA) is 66.6 Å². The molecule has 1 fully saturated rings. The van der Waals surface area contributed by atoms with Gasteiger partial charge in [0, 0.05) is 12.6 Å². The van der Waals surface area contributed by atoms with Crippen LogP contribution in [-0.4, -0.2) is 28.7 Å². The Morgan fingerprint density at radius 3 is 2.74 bits per heavy atom. The maximum Gasteiger partial charge on any atom is 0.407 e. The van der Waals surface area contributed by atoms with Crippen LogP contribution in [0.3, 0.4) is 0 Å². The molecule has 1 aliphatic carbocycles. The molecule has 5 heteroatoms. The van der Waals surface area contributed by atoms with Gasteiger partial charge < -0.3 is 15.7 Å². The molecular formula is C14H19FN2O2. The molecule has 2 rings (SSSR count). The van der Waals surface area contributed by atoms with Gasteiger partial charge in [-0.25, -0.2) is 9.18 Å². The van der Waals surface area contributed by atoms with Crippen molar-refractivity contribution in [3.63, 3.8) is 0 Å². The van der Waals surface area contributed by atoms with E-state index in [-0.39, 0.29) is 11.7 Å². The first-order valence-corrected chi connectivity index (χ1v) is 6.62. The summed E-state index contributed by atoms with van der Waals surface area (Å²) < 4.78 is 13.3. The zero-order chi connectivity index (χ0) is 13.8. The molecule has 0 bridgehead atoms. The molecule has 0 heterocycles. The second-order valence-corrected chi connectivity index (χ2v) is 4.98. The van der Waals surface area contributed by atoms with Crippen molar-refractivity contribution in [1.29, 1.82) is 0 Å². The van der Waals surface area contributed by atoms with Gasteiger partial charge in [0.05, 0.1) is 5.69 Å². The van der Waals surface area contributed by atoms with Crippen LogP contribution in [0.15, 0.2) is 18.2 Å². The first-order valence-electron chi connectivity index (χ1n) is 6.62. The molecule has 0 atom stereocenters. The smallest absolute Gasteiger partial charge is 0.407 e. The van der Waals surface area contributed by atoms with E-state index < -0.39 is 11.9 Å². The molecule has 1 aromatic rings. The van der Waals surface area contributed by atoms with E-state index in [0.29, 0.717) is 18.5 Å². The number of halogens is 1. The van der Waals surface area contributed by atoms with Gasteiger partial charge in [0.25, 0.3) is 0 Å². The fraction of sp³-hybridized carbons (Fsp3) is 0.500. The Hall–Kier alpha value is -1.78. The van der Waals surface area contributed by atoms with Gasteiger partial charge in [0.2, 0.25) is 0 Å². The number of hydrogen-bond acceptors (Lipinski definition) is 2. The third-order valence-electron chi connectivity index (χ3n) is 3.78. The van der Waals surface area contributed by atoms with E-state index >= 15 is 0 Å². The van der Waals surface area contributed by atoms with Gasteiger partial charge in [0.1, 0.15) is 5.82 Å². The first-order chi connectivity index (χ1) is 9.09. The molecule has 0 saturated heterocycles. The number of para-hydroxylation sites is 1. The highest BCUT2D eigenvalue weighted by atomic mass is 19.1. The lowest BCUT2D eigenvalue weighted by Gasteiger charge is -2.26. The summed E-state index contributed by atoms with van der Waals surface area (Å²) in [4.78, 5) is 12.7. The Morgan fingerprint density at radius 1 is 1.42 bits per heavy atom. The molecular weight excluding hydrogens is 247 g/mol. The van der Waals surface area contributed by atoms with Gasteiger partial charge in [0.15, 0.2) is 0 Å². The van der Waals surface area contributed by atoms with E-state index in [1.54, 1.807) is 12.1 Å². The predicted octanol–water partition coefficient (Wildman–Crippen LogP) is 2.87. The van der Waals surface area contributed by atoms with Crippen LogP contribution in [0.2, 0.25) is 0 Å². The van der Waals surface area contributed by atoms with Crippen LogP contribution in [0.25, 0.3) is 0 Å². The lowest BCUT2D eigenvalue weighted by Crippen LogP contribution is -2.39. The standard InChI is InChI=1S/C14H19FN2O2/c15-12-7-3-4-10(13(12)16)8-9-17(14(18)19)11-5-1-2-6-11/h3-4,7,11H,1-2,5-6,8-9,16H2,(H,18,19). The third kappa shape index (κ3) is 3.16. The molecule has 1 aliphatic rings. The minimum absolute atomic E-state index is 0.104. The minimum atomic E-state index is -0.901. The normalized spacial score (nSPS) is 15.6. The number of carboxylic acid groups (broad SMARTS) is 1. The fourth-order valence-electron chi connectivity index (χ4n) is 2.69. The van der Waals surface area contributed by atoms with Gasteiger partial charge in [-0.15, -0.1) is 0 Å². The van der Waals surface area contributed by atoms with Gasteiger partial charge in [-0.3, -0.25) is 0 Å². The van der Waals surface area contributed by atoms with Crippen molar-refractivity contribution in [3.8, 4) is 0 Å². The van der Waals surface area contributed by atoms with Crippen LogP contribution in [0.1, 0.15) is 31.2 Å². The highest BCUT2D eigenvalue weighted by Gasteiger charge is 2.26. The average Bonchev–Trinajstić information content (AvgIpc) is 2.88. The molecule has 1 aromatic carbocycles. The molecule has 1 saturated carbocycles. The maximum atomic E-state index is 13.3. The largest absolute Gasteiger partial charge is 0.465 e. The highest BCUT2D eigenvalue weighted by Crippen LogP contribution is 2.24. The van der Waals surface area contributed by atoms with Crippen LogP contribution in [0.5, 0.6) is 0 Å².